The third kappa shape index (κ3) is 2.76. The van der Waals surface area contributed by atoms with Crippen LogP contribution in [0.5, 0.6) is 11.5 Å². The highest BCUT2D eigenvalue weighted by Gasteiger charge is 2.33. The Hall–Kier alpha value is -1.27. The smallest absolute Gasteiger partial charge is 0.255 e. The number of amides is 1. The molecule has 1 aromatic rings. The summed E-state index contributed by atoms with van der Waals surface area (Å²) >= 11 is 3.42. The first kappa shape index (κ1) is 15.1. The summed E-state index contributed by atoms with van der Waals surface area (Å²) in [5.41, 5.74) is 0.597. The molecule has 0 atom stereocenters. The van der Waals surface area contributed by atoms with Crippen LogP contribution in [0.2, 0.25) is 0 Å². The highest BCUT2D eigenvalue weighted by Crippen LogP contribution is 2.34. The van der Waals surface area contributed by atoms with E-state index in [2.05, 4.69) is 20.8 Å². The maximum absolute atomic E-state index is 12.5. The standard InChI is InChI=1S/C14H19BrN2O3/c1-16(2)9-7-17(8-9)14(18)10-5-12(19-3)13(20-4)6-11(10)15/h5-6,9H,7-8H2,1-4H3. The van der Waals surface area contributed by atoms with Crippen molar-refractivity contribution >= 4 is 21.8 Å². The lowest BCUT2D eigenvalue weighted by molar-refractivity contribution is 0.0398. The molecule has 0 bridgehead atoms. The molecule has 6 heteroatoms. The van der Waals surface area contributed by atoms with Crippen molar-refractivity contribution in [3.8, 4) is 11.5 Å². The fraction of sp³-hybridized carbons (Fsp3) is 0.500. The number of ether oxygens (including phenoxy) is 2. The number of nitrogens with zero attached hydrogens (tertiary/aromatic N) is 2. The van der Waals surface area contributed by atoms with Gasteiger partial charge in [0, 0.05) is 23.6 Å². The van der Waals surface area contributed by atoms with Crippen molar-refractivity contribution in [2.45, 2.75) is 6.04 Å². The van der Waals surface area contributed by atoms with E-state index in [1.165, 1.54) is 0 Å². The predicted molar refractivity (Wildman–Crippen MR) is 80.6 cm³/mol. The molecule has 5 nitrogen and oxygen atoms in total. The number of hydrogen-bond donors (Lipinski definition) is 0. The molecule has 1 saturated heterocycles. The van der Waals surface area contributed by atoms with Gasteiger partial charge in [-0.1, -0.05) is 0 Å². The molecular weight excluding hydrogens is 324 g/mol. The van der Waals surface area contributed by atoms with Crippen molar-refractivity contribution in [1.29, 1.82) is 0 Å². The lowest BCUT2D eigenvalue weighted by Gasteiger charge is -2.42. The molecule has 1 aliphatic heterocycles. The third-order valence-electron chi connectivity index (χ3n) is 3.58. The van der Waals surface area contributed by atoms with Crippen molar-refractivity contribution in [1.82, 2.24) is 9.80 Å². The highest BCUT2D eigenvalue weighted by molar-refractivity contribution is 9.10. The summed E-state index contributed by atoms with van der Waals surface area (Å²) < 4.78 is 11.2. The third-order valence-corrected chi connectivity index (χ3v) is 4.24. The lowest BCUT2D eigenvalue weighted by Crippen LogP contribution is -2.59. The van der Waals surface area contributed by atoms with Crippen LogP contribution in [0.1, 0.15) is 10.4 Å². The van der Waals surface area contributed by atoms with Gasteiger partial charge in [-0.3, -0.25) is 4.79 Å². The molecule has 0 radical (unpaired) electrons. The number of likely N-dealkylation sites (tertiary alicyclic amines) is 1. The van der Waals surface area contributed by atoms with Gasteiger partial charge < -0.3 is 19.3 Å². The normalized spacial score (nSPS) is 15.2. The zero-order chi connectivity index (χ0) is 14.9. The summed E-state index contributed by atoms with van der Waals surface area (Å²) in [6, 6.07) is 3.92. The number of methoxy groups -OCH3 is 2. The van der Waals surface area contributed by atoms with Crippen LogP contribution in [0, 0.1) is 0 Å². The Kier molecular flexibility index (Phi) is 4.55. The number of hydrogen-bond acceptors (Lipinski definition) is 4. The Morgan fingerprint density at radius 1 is 1.25 bits per heavy atom. The summed E-state index contributed by atoms with van der Waals surface area (Å²) in [5.74, 6) is 1.17. The minimum atomic E-state index is 0.0101. The number of likely N-dealkylation sites (N-methyl/N-ethyl adjacent to an activating group) is 1. The van der Waals surface area contributed by atoms with E-state index in [0.29, 0.717) is 27.6 Å². The van der Waals surface area contributed by atoms with Gasteiger partial charge in [-0.25, -0.2) is 0 Å². The zero-order valence-corrected chi connectivity index (χ0v) is 13.7. The number of halogens is 1. The molecule has 0 unspecified atom stereocenters. The number of rotatable bonds is 4. The molecule has 2 rings (SSSR count). The van der Waals surface area contributed by atoms with Crippen LogP contribution in [0.15, 0.2) is 16.6 Å². The van der Waals surface area contributed by atoms with E-state index >= 15 is 0 Å². The second-order valence-corrected chi connectivity index (χ2v) is 5.87. The van der Waals surface area contributed by atoms with Crippen LogP contribution in [-0.4, -0.2) is 63.2 Å². The van der Waals surface area contributed by atoms with Crippen molar-refractivity contribution in [3.05, 3.63) is 22.2 Å². The van der Waals surface area contributed by atoms with Gasteiger partial charge in [0.25, 0.3) is 5.91 Å². The van der Waals surface area contributed by atoms with Gasteiger partial charge in [0.1, 0.15) is 0 Å². The largest absolute Gasteiger partial charge is 0.493 e. The van der Waals surface area contributed by atoms with Crippen LogP contribution < -0.4 is 9.47 Å². The summed E-state index contributed by atoms with van der Waals surface area (Å²) in [4.78, 5) is 16.4. The maximum Gasteiger partial charge on any atom is 0.255 e. The Morgan fingerprint density at radius 3 is 2.30 bits per heavy atom. The molecule has 1 heterocycles. The Labute approximate surface area is 127 Å². The van der Waals surface area contributed by atoms with Gasteiger partial charge >= 0.3 is 0 Å². The quantitative estimate of drug-likeness (QED) is 0.837. The van der Waals surface area contributed by atoms with E-state index in [9.17, 15) is 4.79 Å². The fourth-order valence-electron chi connectivity index (χ4n) is 2.14. The molecule has 110 valence electrons. The second kappa shape index (κ2) is 6.01. The monoisotopic (exact) mass is 342 g/mol. The van der Waals surface area contributed by atoms with Crippen LogP contribution in [0.4, 0.5) is 0 Å². The van der Waals surface area contributed by atoms with Gasteiger partial charge in [0.2, 0.25) is 0 Å². The zero-order valence-electron chi connectivity index (χ0n) is 12.1. The minimum Gasteiger partial charge on any atom is -0.493 e. The molecule has 1 amide bonds. The molecular formula is C14H19BrN2O3. The van der Waals surface area contributed by atoms with Crippen molar-refractivity contribution in [2.24, 2.45) is 0 Å². The summed E-state index contributed by atoms with van der Waals surface area (Å²) in [6.07, 6.45) is 0. The van der Waals surface area contributed by atoms with Gasteiger partial charge in [-0.15, -0.1) is 0 Å². The number of benzene rings is 1. The van der Waals surface area contributed by atoms with E-state index in [4.69, 9.17) is 9.47 Å². The van der Waals surface area contributed by atoms with E-state index in [-0.39, 0.29) is 5.91 Å². The van der Waals surface area contributed by atoms with E-state index < -0.39 is 0 Å². The number of carbonyl (C=O) groups excluding carboxylic acids is 1. The van der Waals surface area contributed by atoms with Gasteiger partial charge in [0.05, 0.1) is 19.8 Å². The van der Waals surface area contributed by atoms with Crippen LogP contribution >= 0.6 is 15.9 Å². The van der Waals surface area contributed by atoms with Crippen molar-refractivity contribution in [2.75, 3.05) is 41.4 Å². The second-order valence-electron chi connectivity index (χ2n) is 5.01. The molecule has 1 fully saturated rings. The molecule has 0 saturated carbocycles. The molecule has 0 aliphatic carbocycles. The van der Waals surface area contributed by atoms with E-state index in [1.807, 2.05) is 19.0 Å². The summed E-state index contributed by atoms with van der Waals surface area (Å²) in [6.45, 7) is 1.51. The molecule has 0 spiro atoms. The topological polar surface area (TPSA) is 42.0 Å². The fourth-order valence-corrected chi connectivity index (χ4v) is 2.63. The minimum absolute atomic E-state index is 0.0101. The molecule has 0 aromatic heterocycles. The average molecular weight is 343 g/mol. The van der Waals surface area contributed by atoms with Gasteiger partial charge in [-0.05, 0) is 42.2 Å². The molecule has 1 aliphatic rings. The van der Waals surface area contributed by atoms with Crippen molar-refractivity contribution in [3.63, 3.8) is 0 Å². The Balaban J connectivity index is 2.19. The lowest BCUT2D eigenvalue weighted by atomic mass is 10.1. The molecule has 1 aromatic carbocycles. The van der Waals surface area contributed by atoms with Gasteiger partial charge in [0.15, 0.2) is 11.5 Å². The maximum atomic E-state index is 12.5. The summed E-state index contributed by atoms with van der Waals surface area (Å²) in [5, 5.41) is 0. The Morgan fingerprint density at radius 2 is 1.80 bits per heavy atom. The highest BCUT2D eigenvalue weighted by atomic mass is 79.9. The van der Waals surface area contributed by atoms with Crippen LogP contribution in [0.25, 0.3) is 0 Å². The predicted octanol–water partition coefficient (Wildman–Crippen LogP) is 1.85. The SMILES string of the molecule is COc1cc(Br)c(C(=O)N2CC(N(C)C)C2)cc1OC. The molecule has 0 N–H and O–H groups in total. The Bertz CT molecular complexity index is 513. The van der Waals surface area contributed by atoms with E-state index in [0.717, 1.165) is 13.1 Å². The average Bonchev–Trinajstić information content (AvgIpc) is 2.35. The van der Waals surface area contributed by atoms with E-state index in [1.54, 1.807) is 26.4 Å². The summed E-state index contributed by atoms with van der Waals surface area (Å²) in [7, 11) is 7.19. The first-order valence-electron chi connectivity index (χ1n) is 6.35. The first-order valence-corrected chi connectivity index (χ1v) is 7.14. The van der Waals surface area contributed by atoms with Crippen LogP contribution in [-0.2, 0) is 0 Å². The number of carbonyl (C=O) groups is 1. The first-order chi connectivity index (χ1) is 9.47. The molecule has 20 heavy (non-hydrogen) atoms. The van der Waals surface area contributed by atoms with Crippen molar-refractivity contribution < 1.29 is 14.3 Å². The van der Waals surface area contributed by atoms with Gasteiger partial charge in [-0.2, -0.15) is 0 Å². The van der Waals surface area contributed by atoms with Crippen LogP contribution in [0.3, 0.4) is 0 Å².